The number of amides is 1. The molecule has 14 nitrogen and oxygen atoms in total. The average Bonchev–Trinajstić information content (AvgIpc) is 3.62. The van der Waals surface area contributed by atoms with E-state index in [4.69, 9.17) is 11.6 Å². The zero-order valence-corrected chi connectivity index (χ0v) is 24.0. The van der Waals surface area contributed by atoms with Crippen LogP contribution in [0.1, 0.15) is 51.1 Å². The van der Waals surface area contributed by atoms with Gasteiger partial charge in [0.25, 0.3) is 0 Å². The van der Waals surface area contributed by atoms with Crippen molar-refractivity contribution in [3.63, 3.8) is 0 Å². The van der Waals surface area contributed by atoms with Crippen LogP contribution in [-0.4, -0.2) is 57.7 Å². The van der Waals surface area contributed by atoms with Gasteiger partial charge in [-0.25, -0.2) is 29.1 Å². The molecule has 16 heteroatoms. The Balaban J connectivity index is 0.000000714. The molecule has 0 spiro atoms. The molecule has 1 aliphatic carbocycles. The van der Waals surface area contributed by atoms with Crippen LogP contribution in [0.4, 0.5) is 16.4 Å². The number of anilines is 2. The van der Waals surface area contributed by atoms with Crippen molar-refractivity contribution in [2.45, 2.75) is 57.3 Å². The Labute approximate surface area is 242 Å². The number of aromatic nitrogens is 5. The van der Waals surface area contributed by atoms with E-state index in [1.807, 2.05) is 0 Å². The fraction of sp³-hybridized carbons (Fsp3) is 0.400. The first-order valence-electron chi connectivity index (χ1n) is 12.5. The number of methoxy groups -OCH3 is 1. The Kier molecular flexibility index (Phi) is 8.67. The van der Waals surface area contributed by atoms with Gasteiger partial charge < -0.3 is 36.2 Å². The summed E-state index contributed by atoms with van der Waals surface area (Å²) in [4.78, 5) is 35.6. The van der Waals surface area contributed by atoms with Crippen molar-refractivity contribution in [3.8, 4) is 10.7 Å². The first kappa shape index (κ1) is 30.4. The number of primary amides is 1. The highest BCUT2D eigenvalue weighted by molar-refractivity contribution is 7.18. The van der Waals surface area contributed by atoms with Gasteiger partial charge in [-0.05, 0) is 44.4 Å². The molecular weight excluding hydrogens is 578 g/mol. The van der Waals surface area contributed by atoms with E-state index in [2.05, 4.69) is 30.7 Å². The Morgan fingerprint density at radius 1 is 1.10 bits per heavy atom. The highest BCUT2D eigenvalue weighted by Gasteiger charge is 2.32. The Hall–Kier alpha value is -3.60. The molecule has 4 heterocycles. The van der Waals surface area contributed by atoms with Crippen LogP contribution in [0.5, 0.6) is 0 Å². The maximum Gasteiger partial charge on any atom is 0.404 e. The van der Waals surface area contributed by atoms with Gasteiger partial charge in [-0.3, -0.25) is 4.57 Å². The number of nitrogens with zero attached hydrogens (tertiary/aromatic N) is 5. The number of ether oxygens (including phenoxy) is 1. The lowest BCUT2D eigenvalue weighted by Gasteiger charge is -2.19. The van der Waals surface area contributed by atoms with Gasteiger partial charge in [0, 0.05) is 12.1 Å². The first-order valence-corrected chi connectivity index (χ1v) is 13.7. The SMILES string of the molecule is CC(C)(O)c1cc(Nc2cc3c(cn2)n(C(O)(O)O)c(=O)n3C2CCCC2)nc(-c2ncc(Cl)s2)c1.COC(N)=O. The van der Waals surface area contributed by atoms with Gasteiger partial charge in [0.05, 0.1) is 36.1 Å². The third-order valence-corrected chi connectivity index (χ3v) is 7.57. The summed E-state index contributed by atoms with van der Waals surface area (Å²) in [5.41, 5.74) is 4.07. The second-order valence-corrected chi connectivity index (χ2v) is 11.5. The summed E-state index contributed by atoms with van der Waals surface area (Å²) in [6.45, 7) is 3.31. The molecule has 220 valence electrons. The molecule has 4 aromatic heterocycles. The number of imidazole rings is 1. The van der Waals surface area contributed by atoms with Crippen LogP contribution in [0.3, 0.4) is 0 Å². The highest BCUT2D eigenvalue weighted by atomic mass is 35.5. The second-order valence-electron chi connectivity index (χ2n) is 9.89. The number of fused-ring (bicyclic) bond motifs is 1. The van der Waals surface area contributed by atoms with Gasteiger partial charge >= 0.3 is 17.9 Å². The van der Waals surface area contributed by atoms with Crippen LogP contribution in [0.15, 0.2) is 35.4 Å². The Bertz CT molecular complexity index is 1620. The number of nitrogens with one attached hydrogen (secondary N) is 1. The predicted molar refractivity (Wildman–Crippen MR) is 152 cm³/mol. The Morgan fingerprint density at radius 3 is 2.29 bits per heavy atom. The van der Waals surface area contributed by atoms with Crippen LogP contribution in [0.25, 0.3) is 21.7 Å². The molecule has 0 unspecified atom stereocenters. The molecule has 1 saturated carbocycles. The van der Waals surface area contributed by atoms with E-state index in [0.29, 0.717) is 42.3 Å². The van der Waals surface area contributed by atoms with E-state index in [9.17, 15) is 30.0 Å². The van der Waals surface area contributed by atoms with E-state index in [0.717, 1.165) is 25.7 Å². The van der Waals surface area contributed by atoms with Gasteiger partial charge in [0.2, 0.25) is 0 Å². The lowest BCUT2D eigenvalue weighted by molar-refractivity contribution is -0.374. The minimum atomic E-state index is -3.37. The number of halogens is 1. The monoisotopic (exact) mass is 607 g/mol. The van der Waals surface area contributed by atoms with Gasteiger partial charge in [0.1, 0.15) is 26.7 Å². The topological polar surface area (TPSA) is 211 Å². The van der Waals surface area contributed by atoms with Gasteiger partial charge in [-0.15, -0.1) is 11.3 Å². The van der Waals surface area contributed by atoms with Crippen LogP contribution in [0, 0.1) is 0 Å². The Morgan fingerprint density at radius 2 is 1.76 bits per heavy atom. The molecule has 0 atom stereocenters. The molecule has 1 fully saturated rings. The summed E-state index contributed by atoms with van der Waals surface area (Å²) in [5, 5.41) is 43.9. The lowest BCUT2D eigenvalue weighted by Crippen LogP contribution is -2.41. The van der Waals surface area contributed by atoms with Crippen molar-refractivity contribution >= 4 is 51.7 Å². The van der Waals surface area contributed by atoms with E-state index in [1.165, 1.54) is 35.4 Å². The molecule has 1 aliphatic rings. The van der Waals surface area contributed by atoms with Gasteiger partial charge in [0.15, 0.2) is 0 Å². The summed E-state index contributed by atoms with van der Waals surface area (Å²) in [7, 11) is 1.22. The number of hydrogen-bond acceptors (Lipinski definition) is 12. The highest BCUT2D eigenvalue weighted by Crippen LogP contribution is 2.34. The lowest BCUT2D eigenvalue weighted by atomic mass is 9.98. The van der Waals surface area contributed by atoms with E-state index in [1.54, 1.807) is 32.0 Å². The summed E-state index contributed by atoms with van der Waals surface area (Å²) < 4.78 is 6.37. The van der Waals surface area contributed by atoms with Crippen LogP contribution in [0.2, 0.25) is 4.34 Å². The molecule has 0 aliphatic heterocycles. The maximum absolute atomic E-state index is 13.1. The number of carbonyl (C=O) groups excluding carboxylic acids is 1. The van der Waals surface area contributed by atoms with Gasteiger partial charge in [-0.2, -0.15) is 0 Å². The minimum Gasteiger partial charge on any atom is -0.453 e. The van der Waals surface area contributed by atoms with Crippen LogP contribution >= 0.6 is 22.9 Å². The van der Waals surface area contributed by atoms with Crippen molar-refractivity contribution in [2.75, 3.05) is 12.4 Å². The standard InChI is InChI=1S/C23H25ClN6O5S.C2H5NO2/c1-22(2,32)12-7-14(20-26-11-17(24)36-20)27-19(8-12)28-18-9-15-16(10-25-18)30(23(33,34)35)21(31)29(15)13-5-3-4-6-13;1-5-2(3)4/h7-11,13,32-35H,3-6H2,1-2H3,(H,25,27,28);1H3,(H2,3,4). The van der Waals surface area contributed by atoms with Crippen molar-refractivity contribution in [3.05, 3.63) is 51.0 Å². The molecule has 4 aromatic rings. The molecule has 0 aromatic carbocycles. The minimum absolute atomic E-state index is 0.0706. The summed E-state index contributed by atoms with van der Waals surface area (Å²) >= 11 is 7.31. The average molecular weight is 608 g/mol. The molecule has 0 radical (unpaired) electrons. The van der Waals surface area contributed by atoms with Crippen molar-refractivity contribution < 1.29 is 30.0 Å². The molecule has 0 bridgehead atoms. The van der Waals surface area contributed by atoms with E-state index >= 15 is 0 Å². The molecule has 41 heavy (non-hydrogen) atoms. The van der Waals surface area contributed by atoms with Crippen LogP contribution in [-0.2, 0) is 16.4 Å². The zero-order valence-electron chi connectivity index (χ0n) is 22.4. The number of thiazole rings is 1. The fourth-order valence-electron chi connectivity index (χ4n) is 4.55. The molecule has 5 rings (SSSR count). The normalized spacial score (nSPS) is 14.1. The molecular formula is C25H30ClN7O7S. The third kappa shape index (κ3) is 6.83. The largest absolute Gasteiger partial charge is 0.453 e. The predicted octanol–water partition coefficient (Wildman–Crippen LogP) is 2.71. The van der Waals surface area contributed by atoms with Crippen molar-refractivity contribution in [1.29, 1.82) is 0 Å². The number of aliphatic hydroxyl groups is 4. The smallest absolute Gasteiger partial charge is 0.404 e. The number of hydrogen-bond donors (Lipinski definition) is 6. The summed E-state index contributed by atoms with van der Waals surface area (Å²) in [6, 6.07) is 4.87. The number of rotatable bonds is 6. The number of nitrogens with two attached hydrogens (primary N) is 1. The van der Waals surface area contributed by atoms with Crippen LogP contribution < -0.4 is 16.7 Å². The van der Waals surface area contributed by atoms with Gasteiger partial charge in [-0.1, -0.05) is 24.4 Å². The molecule has 7 N–H and O–H groups in total. The fourth-order valence-corrected chi connectivity index (χ4v) is 5.42. The van der Waals surface area contributed by atoms with E-state index < -0.39 is 23.5 Å². The quantitative estimate of drug-likeness (QED) is 0.175. The summed E-state index contributed by atoms with van der Waals surface area (Å²) in [6.07, 6.45) is 2.09. The second kappa shape index (κ2) is 11.7. The summed E-state index contributed by atoms with van der Waals surface area (Å²) in [5.74, 6) is 0.701. The van der Waals surface area contributed by atoms with Crippen molar-refractivity contribution in [1.82, 2.24) is 24.1 Å². The molecule has 0 saturated heterocycles. The number of carbonyl (C=O) groups is 1. The zero-order chi connectivity index (χ0) is 30.1. The third-order valence-electron chi connectivity index (χ3n) is 6.44. The van der Waals surface area contributed by atoms with E-state index in [-0.39, 0.29) is 11.6 Å². The molecule has 1 amide bonds. The van der Waals surface area contributed by atoms with Crippen molar-refractivity contribution in [2.24, 2.45) is 5.73 Å². The first-order chi connectivity index (χ1) is 19.2. The number of pyridine rings is 2. The maximum atomic E-state index is 13.1.